The van der Waals surface area contributed by atoms with E-state index in [9.17, 15) is 9.90 Å². The molecule has 0 fully saturated rings. The molecule has 2 rings (SSSR count). The Bertz CT molecular complexity index is 822. The minimum Gasteiger partial charge on any atom is -0.488 e. The van der Waals surface area contributed by atoms with E-state index in [4.69, 9.17) is 9.94 Å². The van der Waals surface area contributed by atoms with Gasteiger partial charge in [0, 0.05) is 17.2 Å². The first kappa shape index (κ1) is 20.4. The molecule has 0 aliphatic heterocycles. The van der Waals surface area contributed by atoms with Crippen LogP contribution >= 0.6 is 0 Å². The maximum Gasteiger partial charge on any atom is 0.267 e. The Morgan fingerprint density at radius 3 is 2.52 bits per heavy atom. The monoisotopic (exact) mass is 367 g/mol. The first-order valence-corrected chi connectivity index (χ1v) is 8.73. The summed E-state index contributed by atoms with van der Waals surface area (Å²) in [6, 6.07) is 13.4. The molecular weight excluding hydrogens is 342 g/mol. The number of allylic oxidation sites excluding steroid dienone is 2. The molecule has 0 saturated carbocycles. The summed E-state index contributed by atoms with van der Waals surface area (Å²) >= 11 is 0. The van der Waals surface area contributed by atoms with Crippen molar-refractivity contribution in [3.63, 3.8) is 0 Å². The second-order valence-electron chi connectivity index (χ2n) is 6.35. The predicted molar refractivity (Wildman–Crippen MR) is 105 cm³/mol. The maximum absolute atomic E-state index is 11.4. The number of rotatable bonds is 8. The molecule has 0 radical (unpaired) electrons. The molecule has 5 heteroatoms. The van der Waals surface area contributed by atoms with E-state index in [1.54, 1.807) is 17.6 Å². The van der Waals surface area contributed by atoms with Crippen LogP contribution in [0, 0.1) is 0 Å². The van der Waals surface area contributed by atoms with Crippen LogP contribution < -0.4 is 10.2 Å². The van der Waals surface area contributed by atoms with Gasteiger partial charge in [-0.05, 0) is 37.5 Å². The summed E-state index contributed by atoms with van der Waals surface area (Å²) in [6.45, 7) is 4.29. The van der Waals surface area contributed by atoms with Gasteiger partial charge in [-0.1, -0.05) is 54.1 Å². The molecule has 0 heterocycles. The summed E-state index contributed by atoms with van der Waals surface area (Å²) in [6.07, 6.45) is 5.49. The molecule has 3 N–H and O–H groups in total. The Labute approximate surface area is 159 Å². The molecular formula is C22H25NO4. The van der Waals surface area contributed by atoms with E-state index in [0.29, 0.717) is 24.3 Å². The summed E-state index contributed by atoms with van der Waals surface area (Å²) in [5, 5.41) is 18.4. The van der Waals surface area contributed by atoms with E-state index in [1.165, 1.54) is 6.08 Å². The summed E-state index contributed by atoms with van der Waals surface area (Å²) < 4.78 is 6.11. The second-order valence-corrected chi connectivity index (χ2v) is 6.35. The molecule has 27 heavy (non-hydrogen) atoms. The zero-order chi connectivity index (χ0) is 19.6. The standard InChI is InChI=1S/C22H25NO4/c1-16(2)8-12-20-19(14-24)10-9-18(11-13-21(25)23-26)22(20)27-15-17-6-4-3-5-7-17/h3-11,13,24,26H,12,14-15H2,1-2H3,(H,23,25). The minimum atomic E-state index is -0.624. The smallest absolute Gasteiger partial charge is 0.267 e. The molecule has 142 valence electrons. The molecule has 0 atom stereocenters. The van der Waals surface area contributed by atoms with Gasteiger partial charge in [-0.2, -0.15) is 0 Å². The highest BCUT2D eigenvalue weighted by molar-refractivity contribution is 5.91. The Kier molecular flexibility index (Phi) is 7.79. The number of benzene rings is 2. The Morgan fingerprint density at radius 2 is 1.89 bits per heavy atom. The van der Waals surface area contributed by atoms with Gasteiger partial charge in [-0.15, -0.1) is 0 Å². The van der Waals surface area contributed by atoms with Crippen LogP contribution in [0.25, 0.3) is 6.08 Å². The van der Waals surface area contributed by atoms with E-state index in [0.717, 1.165) is 22.3 Å². The third kappa shape index (κ3) is 6.09. The maximum atomic E-state index is 11.4. The quantitative estimate of drug-likeness (QED) is 0.287. The van der Waals surface area contributed by atoms with Crippen molar-refractivity contribution >= 4 is 12.0 Å². The fraction of sp³-hybridized carbons (Fsp3) is 0.227. The molecule has 0 spiro atoms. The number of aliphatic hydroxyl groups is 1. The van der Waals surface area contributed by atoms with E-state index >= 15 is 0 Å². The van der Waals surface area contributed by atoms with Crippen molar-refractivity contribution in [1.82, 2.24) is 5.48 Å². The minimum absolute atomic E-state index is 0.102. The van der Waals surface area contributed by atoms with Crippen LogP contribution in [-0.4, -0.2) is 16.2 Å². The third-order valence-corrected chi connectivity index (χ3v) is 4.02. The van der Waals surface area contributed by atoms with Gasteiger partial charge in [0.2, 0.25) is 0 Å². The van der Waals surface area contributed by atoms with Crippen LogP contribution in [0.3, 0.4) is 0 Å². The van der Waals surface area contributed by atoms with Gasteiger partial charge in [-0.3, -0.25) is 10.0 Å². The van der Waals surface area contributed by atoms with Crippen LogP contribution in [0.4, 0.5) is 0 Å². The number of aliphatic hydroxyl groups excluding tert-OH is 1. The van der Waals surface area contributed by atoms with Crippen molar-refractivity contribution < 1.29 is 19.8 Å². The van der Waals surface area contributed by atoms with Gasteiger partial charge in [0.25, 0.3) is 5.91 Å². The number of nitrogens with one attached hydrogen (secondary N) is 1. The molecule has 0 aromatic heterocycles. The zero-order valence-corrected chi connectivity index (χ0v) is 15.6. The summed E-state index contributed by atoms with van der Waals surface area (Å²) in [7, 11) is 0. The molecule has 0 aliphatic carbocycles. The van der Waals surface area contributed by atoms with Crippen LogP contribution in [0.1, 0.15) is 36.1 Å². The Morgan fingerprint density at radius 1 is 1.15 bits per heavy atom. The van der Waals surface area contributed by atoms with Crippen LogP contribution in [0.5, 0.6) is 5.75 Å². The topological polar surface area (TPSA) is 78.8 Å². The van der Waals surface area contributed by atoms with Gasteiger partial charge in [-0.25, -0.2) is 5.48 Å². The van der Waals surface area contributed by atoms with E-state index in [-0.39, 0.29) is 6.61 Å². The number of hydrogen-bond acceptors (Lipinski definition) is 4. The second kappa shape index (κ2) is 10.3. The van der Waals surface area contributed by atoms with Crippen molar-refractivity contribution in [3.8, 4) is 5.75 Å². The van der Waals surface area contributed by atoms with Gasteiger partial charge in [0.1, 0.15) is 12.4 Å². The van der Waals surface area contributed by atoms with Gasteiger partial charge < -0.3 is 9.84 Å². The fourth-order valence-corrected chi connectivity index (χ4v) is 2.60. The lowest BCUT2D eigenvalue weighted by Gasteiger charge is -2.17. The summed E-state index contributed by atoms with van der Waals surface area (Å²) in [5.74, 6) is -0.00835. The highest BCUT2D eigenvalue weighted by Gasteiger charge is 2.13. The van der Waals surface area contributed by atoms with Crippen LogP contribution in [-0.2, 0) is 24.4 Å². The molecule has 2 aromatic carbocycles. The van der Waals surface area contributed by atoms with Gasteiger partial charge >= 0.3 is 0 Å². The number of ether oxygens (including phenoxy) is 1. The van der Waals surface area contributed by atoms with Crippen molar-refractivity contribution in [2.45, 2.75) is 33.5 Å². The molecule has 5 nitrogen and oxygen atoms in total. The lowest BCUT2D eigenvalue weighted by molar-refractivity contribution is -0.124. The van der Waals surface area contributed by atoms with E-state index < -0.39 is 5.91 Å². The van der Waals surface area contributed by atoms with Crippen LogP contribution in [0.15, 0.2) is 60.2 Å². The van der Waals surface area contributed by atoms with Gasteiger partial charge in [0.05, 0.1) is 6.61 Å². The van der Waals surface area contributed by atoms with Crippen molar-refractivity contribution in [2.75, 3.05) is 0 Å². The molecule has 2 aromatic rings. The molecule has 0 bridgehead atoms. The normalized spacial score (nSPS) is 10.7. The molecule has 0 unspecified atom stereocenters. The molecule has 1 amide bonds. The average Bonchev–Trinajstić information content (AvgIpc) is 2.69. The number of carbonyl (C=O) groups is 1. The van der Waals surface area contributed by atoms with E-state index in [1.807, 2.05) is 50.2 Å². The lowest BCUT2D eigenvalue weighted by Crippen LogP contribution is -2.14. The number of hydroxylamine groups is 1. The van der Waals surface area contributed by atoms with E-state index in [2.05, 4.69) is 6.08 Å². The average molecular weight is 367 g/mol. The first-order valence-electron chi connectivity index (χ1n) is 8.73. The molecule has 0 aliphatic rings. The van der Waals surface area contributed by atoms with Crippen molar-refractivity contribution in [2.24, 2.45) is 0 Å². The highest BCUT2D eigenvalue weighted by atomic mass is 16.5. The number of hydrogen-bond donors (Lipinski definition) is 3. The lowest BCUT2D eigenvalue weighted by atomic mass is 9.98. The summed E-state index contributed by atoms with van der Waals surface area (Å²) in [4.78, 5) is 11.4. The van der Waals surface area contributed by atoms with Crippen molar-refractivity contribution in [1.29, 1.82) is 0 Å². The van der Waals surface area contributed by atoms with Gasteiger partial charge in [0.15, 0.2) is 0 Å². The first-order chi connectivity index (χ1) is 13.0. The van der Waals surface area contributed by atoms with Crippen LogP contribution in [0.2, 0.25) is 0 Å². The largest absolute Gasteiger partial charge is 0.488 e. The summed E-state index contributed by atoms with van der Waals surface area (Å²) in [5.41, 5.74) is 6.10. The number of carbonyl (C=O) groups excluding carboxylic acids is 1. The highest BCUT2D eigenvalue weighted by Crippen LogP contribution is 2.31. The SMILES string of the molecule is CC(C)=CCc1c(CO)ccc(C=CC(=O)NO)c1OCc1ccccc1. The molecule has 0 saturated heterocycles. The zero-order valence-electron chi connectivity index (χ0n) is 15.6. The Hall–Kier alpha value is -2.89. The third-order valence-electron chi connectivity index (χ3n) is 4.02. The van der Waals surface area contributed by atoms with Crippen molar-refractivity contribution in [3.05, 3.63) is 82.4 Å². The predicted octanol–water partition coefficient (Wildman–Crippen LogP) is 3.79. The number of amides is 1. The Balaban J connectivity index is 2.45. The fourth-order valence-electron chi connectivity index (χ4n) is 2.60.